The molecule has 1 amide bonds. The van der Waals surface area contributed by atoms with Gasteiger partial charge in [-0.25, -0.2) is 0 Å². The third-order valence-electron chi connectivity index (χ3n) is 2.40. The van der Waals surface area contributed by atoms with E-state index in [1.165, 1.54) is 6.92 Å². The molecule has 0 aromatic carbocycles. The van der Waals surface area contributed by atoms with Gasteiger partial charge in [-0.3, -0.25) is 4.79 Å². The molecule has 2 nitrogen and oxygen atoms in total. The van der Waals surface area contributed by atoms with Crippen LogP contribution in [-0.2, 0) is 4.79 Å². The molecule has 1 fully saturated rings. The second-order valence-corrected chi connectivity index (χ2v) is 6.03. The minimum absolute atomic E-state index is 0.00313. The van der Waals surface area contributed by atoms with Gasteiger partial charge in [-0.15, -0.1) is 11.6 Å². The number of nitrogens with one attached hydrogen (secondary N) is 1. The highest BCUT2D eigenvalue weighted by Crippen LogP contribution is 2.25. The molecule has 1 N–H and O–H groups in total. The number of hydrogen-bond donors (Lipinski definition) is 1. The van der Waals surface area contributed by atoms with E-state index in [0.717, 1.165) is 25.7 Å². The number of alkyl halides is 3. The van der Waals surface area contributed by atoms with Gasteiger partial charge < -0.3 is 5.32 Å². The summed E-state index contributed by atoms with van der Waals surface area (Å²) in [6, 6.07) is 0.00902. The Hall–Kier alpha value is 0.340. The van der Waals surface area contributed by atoms with Crippen molar-refractivity contribution < 1.29 is 4.79 Å². The lowest BCUT2D eigenvalue weighted by atomic mass is 9.95. The van der Waals surface area contributed by atoms with Crippen LogP contribution in [0.2, 0.25) is 0 Å². The molecule has 1 saturated carbocycles. The quantitative estimate of drug-likeness (QED) is 0.758. The second-order valence-electron chi connectivity index (χ2n) is 3.77. The number of carbonyl (C=O) groups is 1. The SMILES string of the molecule is CC(Cl)(Cl)C(=O)N[C@H]1CCCC[C@@H]1Cl. The van der Waals surface area contributed by atoms with Crippen LogP contribution in [0.25, 0.3) is 0 Å². The molecule has 0 unspecified atom stereocenters. The second kappa shape index (κ2) is 4.91. The Labute approximate surface area is 99.3 Å². The summed E-state index contributed by atoms with van der Waals surface area (Å²) in [7, 11) is 0. The van der Waals surface area contributed by atoms with Crippen LogP contribution < -0.4 is 5.32 Å². The predicted octanol–water partition coefficient (Wildman–Crippen LogP) is 2.85. The third kappa shape index (κ3) is 3.48. The summed E-state index contributed by atoms with van der Waals surface area (Å²) in [5.74, 6) is -0.363. The predicted molar refractivity (Wildman–Crippen MR) is 60.2 cm³/mol. The average Bonchev–Trinajstić information content (AvgIpc) is 2.07. The van der Waals surface area contributed by atoms with Gasteiger partial charge in [0.1, 0.15) is 0 Å². The minimum atomic E-state index is -1.37. The van der Waals surface area contributed by atoms with Crippen LogP contribution in [0.15, 0.2) is 0 Å². The molecule has 0 heterocycles. The number of rotatable bonds is 2. The van der Waals surface area contributed by atoms with E-state index in [0.29, 0.717) is 0 Å². The zero-order valence-electron chi connectivity index (χ0n) is 8.03. The molecular weight excluding hydrogens is 244 g/mol. The van der Waals surface area contributed by atoms with Crippen molar-refractivity contribution in [3.63, 3.8) is 0 Å². The maximum Gasteiger partial charge on any atom is 0.256 e. The molecule has 1 rings (SSSR count). The van der Waals surface area contributed by atoms with Crippen molar-refractivity contribution >= 4 is 40.7 Å². The maximum atomic E-state index is 11.4. The van der Waals surface area contributed by atoms with Gasteiger partial charge in [-0.2, -0.15) is 0 Å². The highest BCUT2D eigenvalue weighted by atomic mass is 35.5. The van der Waals surface area contributed by atoms with E-state index in [-0.39, 0.29) is 17.3 Å². The molecule has 0 aromatic heterocycles. The molecule has 0 aliphatic heterocycles. The molecule has 0 radical (unpaired) electrons. The lowest BCUT2D eigenvalue weighted by Crippen LogP contribution is -2.47. The Kier molecular flexibility index (Phi) is 4.35. The van der Waals surface area contributed by atoms with Gasteiger partial charge in [0.2, 0.25) is 0 Å². The molecule has 2 atom stereocenters. The molecule has 0 bridgehead atoms. The fourth-order valence-electron chi connectivity index (χ4n) is 1.54. The van der Waals surface area contributed by atoms with Crippen molar-refractivity contribution in [2.75, 3.05) is 0 Å². The van der Waals surface area contributed by atoms with E-state index in [1.807, 2.05) is 0 Å². The molecule has 5 heteroatoms. The molecule has 82 valence electrons. The first kappa shape index (κ1) is 12.4. The summed E-state index contributed by atoms with van der Waals surface area (Å²) < 4.78 is -1.37. The first-order chi connectivity index (χ1) is 6.41. The van der Waals surface area contributed by atoms with Crippen molar-refractivity contribution in [2.45, 2.75) is 48.4 Å². The smallest absolute Gasteiger partial charge is 0.256 e. The van der Waals surface area contributed by atoms with E-state index >= 15 is 0 Å². The van der Waals surface area contributed by atoms with Crippen molar-refractivity contribution in [2.24, 2.45) is 0 Å². The summed E-state index contributed by atoms with van der Waals surface area (Å²) in [6.45, 7) is 1.46. The van der Waals surface area contributed by atoms with E-state index in [4.69, 9.17) is 34.8 Å². The largest absolute Gasteiger partial charge is 0.349 e. The number of halogens is 3. The summed E-state index contributed by atoms with van der Waals surface area (Å²) in [5.41, 5.74) is 0. The summed E-state index contributed by atoms with van der Waals surface area (Å²) >= 11 is 17.4. The molecule has 14 heavy (non-hydrogen) atoms. The topological polar surface area (TPSA) is 29.1 Å². The molecule has 0 saturated heterocycles. The van der Waals surface area contributed by atoms with Gasteiger partial charge in [-0.1, -0.05) is 36.0 Å². The molecular formula is C9H14Cl3NO. The van der Waals surface area contributed by atoms with Crippen LogP contribution in [0.3, 0.4) is 0 Å². The Balaban J connectivity index is 2.46. The maximum absolute atomic E-state index is 11.4. The monoisotopic (exact) mass is 257 g/mol. The normalized spacial score (nSPS) is 28.6. The first-order valence-electron chi connectivity index (χ1n) is 4.74. The van der Waals surface area contributed by atoms with Crippen LogP contribution in [0.5, 0.6) is 0 Å². The van der Waals surface area contributed by atoms with E-state index < -0.39 is 4.33 Å². The summed E-state index contributed by atoms with van der Waals surface area (Å²) in [5, 5.41) is 2.78. The summed E-state index contributed by atoms with van der Waals surface area (Å²) in [4.78, 5) is 11.4. The lowest BCUT2D eigenvalue weighted by molar-refractivity contribution is -0.122. The van der Waals surface area contributed by atoms with Crippen molar-refractivity contribution in [3.8, 4) is 0 Å². The van der Waals surface area contributed by atoms with Gasteiger partial charge in [0, 0.05) is 6.04 Å². The van der Waals surface area contributed by atoms with Gasteiger partial charge in [0.15, 0.2) is 4.33 Å². The Morgan fingerprint density at radius 2 is 1.93 bits per heavy atom. The number of carbonyl (C=O) groups excluding carboxylic acids is 1. The van der Waals surface area contributed by atoms with Crippen LogP contribution in [-0.4, -0.2) is 21.7 Å². The highest BCUT2D eigenvalue weighted by Gasteiger charge is 2.32. The highest BCUT2D eigenvalue weighted by molar-refractivity contribution is 6.57. The summed E-state index contributed by atoms with van der Waals surface area (Å²) in [6.07, 6.45) is 4.06. The number of hydrogen-bond acceptors (Lipinski definition) is 1. The lowest BCUT2D eigenvalue weighted by Gasteiger charge is -2.29. The van der Waals surface area contributed by atoms with Crippen LogP contribution in [0.1, 0.15) is 32.6 Å². The third-order valence-corrected chi connectivity index (χ3v) is 3.26. The van der Waals surface area contributed by atoms with E-state index in [1.54, 1.807) is 0 Å². The fraction of sp³-hybridized carbons (Fsp3) is 0.889. The Morgan fingerprint density at radius 1 is 1.36 bits per heavy atom. The average molecular weight is 259 g/mol. The number of amides is 1. The first-order valence-corrected chi connectivity index (χ1v) is 5.93. The van der Waals surface area contributed by atoms with Crippen LogP contribution in [0.4, 0.5) is 0 Å². The van der Waals surface area contributed by atoms with Crippen molar-refractivity contribution in [1.82, 2.24) is 5.32 Å². The zero-order valence-corrected chi connectivity index (χ0v) is 10.3. The van der Waals surface area contributed by atoms with E-state index in [2.05, 4.69) is 5.32 Å². The van der Waals surface area contributed by atoms with Gasteiger partial charge >= 0.3 is 0 Å². The van der Waals surface area contributed by atoms with Gasteiger partial charge in [0.25, 0.3) is 5.91 Å². The zero-order chi connectivity index (χ0) is 10.8. The Bertz CT molecular complexity index is 215. The molecule has 1 aliphatic carbocycles. The van der Waals surface area contributed by atoms with Crippen LogP contribution in [0, 0.1) is 0 Å². The van der Waals surface area contributed by atoms with E-state index in [9.17, 15) is 4.79 Å². The van der Waals surface area contributed by atoms with Crippen LogP contribution >= 0.6 is 34.8 Å². The van der Waals surface area contributed by atoms with Gasteiger partial charge in [0.05, 0.1) is 5.38 Å². The van der Waals surface area contributed by atoms with Crippen molar-refractivity contribution in [3.05, 3.63) is 0 Å². The van der Waals surface area contributed by atoms with Gasteiger partial charge in [-0.05, 0) is 19.8 Å². The molecule has 0 spiro atoms. The standard InChI is InChI=1S/C9H14Cl3NO/c1-9(11,12)8(14)13-7-5-3-2-4-6(7)10/h6-7H,2-5H2,1H3,(H,13,14)/t6-,7-/m0/s1. The molecule has 1 aliphatic rings. The Morgan fingerprint density at radius 3 is 2.43 bits per heavy atom. The molecule has 0 aromatic rings. The fourth-order valence-corrected chi connectivity index (χ4v) is 2.00. The van der Waals surface area contributed by atoms with Crippen molar-refractivity contribution in [1.29, 1.82) is 0 Å². The minimum Gasteiger partial charge on any atom is -0.349 e.